The number of furan rings is 1. The molecule has 0 atom stereocenters. The largest absolute Gasteiger partial charge is 0.459 e. The number of amides is 4. The van der Waals surface area contributed by atoms with Gasteiger partial charge in [-0.15, -0.1) is 11.3 Å². The van der Waals surface area contributed by atoms with Crippen molar-refractivity contribution in [2.45, 2.75) is 33.2 Å². The van der Waals surface area contributed by atoms with Crippen LogP contribution in [-0.2, 0) is 20.7 Å². The van der Waals surface area contributed by atoms with E-state index in [1.807, 2.05) is 13.8 Å². The molecule has 0 radical (unpaired) electrons. The summed E-state index contributed by atoms with van der Waals surface area (Å²) in [6.07, 6.45) is 1.14. The lowest BCUT2D eigenvalue weighted by Crippen LogP contribution is -2.51. The van der Waals surface area contributed by atoms with Crippen LogP contribution in [0.2, 0.25) is 0 Å². The van der Waals surface area contributed by atoms with Crippen LogP contribution in [0.25, 0.3) is 0 Å². The van der Waals surface area contributed by atoms with Gasteiger partial charge in [-0.25, -0.2) is 9.78 Å². The first-order valence-electron chi connectivity index (χ1n) is 11.1. The molecule has 2 aromatic rings. The summed E-state index contributed by atoms with van der Waals surface area (Å²) in [5.74, 6) is -0.694. The lowest BCUT2D eigenvalue weighted by molar-refractivity contribution is -0.132. The summed E-state index contributed by atoms with van der Waals surface area (Å²) in [7, 11) is 0. The zero-order chi connectivity index (χ0) is 24.7. The van der Waals surface area contributed by atoms with Crippen LogP contribution >= 0.6 is 11.3 Å². The summed E-state index contributed by atoms with van der Waals surface area (Å²) >= 11 is 1.21. The summed E-state index contributed by atoms with van der Waals surface area (Å²) in [5.41, 5.74) is 0.547. The molecule has 12 heteroatoms. The monoisotopic (exact) mass is 491 g/mol. The maximum atomic E-state index is 12.6. The van der Waals surface area contributed by atoms with Gasteiger partial charge in [0.15, 0.2) is 10.9 Å². The number of piperazine rings is 1. The van der Waals surface area contributed by atoms with Crippen LogP contribution in [0.1, 0.15) is 37.0 Å². The Labute approximate surface area is 201 Å². The van der Waals surface area contributed by atoms with E-state index in [4.69, 9.17) is 9.15 Å². The summed E-state index contributed by atoms with van der Waals surface area (Å²) in [4.78, 5) is 58.5. The molecule has 3 rings (SSSR count). The Balaban J connectivity index is 1.49. The topological polar surface area (TPSA) is 125 Å². The van der Waals surface area contributed by atoms with Crippen molar-refractivity contribution in [2.24, 2.45) is 0 Å². The van der Waals surface area contributed by atoms with Crippen molar-refractivity contribution in [3.63, 3.8) is 0 Å². The molecule has 3 heterocycles. The fourth-order valence-corrected chi connectivity index (χ4v) is 4.14. The van der Waals surface area contributed by atoms with Crippen LogP contribution < -0.4 is 5.32 Å². The van der Waals surface area contributed by atoms with E-state index < -0.39 is 5.91 Å². The third-order valence-electron chi connectivity index (χ3n) is 5.22. The van der Waals surface area contributed by atoms with Crippen LogP contribution in [0, 0.1) is 0 Å². The van der Waals surface area contributed by atoms with E-state index in [2.05, 4.69) is 10.3 Å². The molecule has 184 valence electrons. The number of carbonyl (C=O) groups excluding carboxylic acids is 4. The van der Waals surface area contributed by atoms with E-state index in [9.17, 15) is 19.2 Å². The van der Waals surface area contributed by atoms with Gasteiger partial charge in [-0.2, -0.15) is 0 Å². The van der Waals surface area contributed by atoms with Gasteiger partial charge in [0.25, 0.3) is 5.91 Å². The van der Waals surface area contributed by atoms with Crippen LogP contribution in [0.5, 0.6) is 0 Å². The highest BCUT2D eigenvalue weighted by Gasteiger charge is 2.26. The number of rotatable bonds is 8. The minimum Gasteiger partial charge on any atom is -0.459 e. The first-order valence-corrected chi connectivity index (χ1v) is 11.9. The number of ether oxygens (including phenoxy) is 1. The lowest BCUT2D eigenvalue weighted by Gasteiger charge is -2.34. The van der Waals surface area contributed by atoms with Crippen LogP contribution in [0.3, 0.4) is 0 Å². The number of aromatic nitrogens is 1. The van der Waals surface area contributed by atoms with Gasteiger partial charge in [-0.3, -0.25) is 14.4 Å². The molecule has 0 saturated carbocycles. The van der Waals surface area contributed by atoms with Gasteiger partial charge in [0, 0.05) is 37.6 Å². The van der Waals surface area contributed by atoms with Gasteiger partial charge in [0.1, 0.15) is 6.54 Å². The molecule has 11 nitrogen and oxygen atoms in total. The van der Waals surface area contributed by atoms with E-state index in [-0.39, 0.29) is 42.7 Å². The Bertz CT molecular complexity index is 997. The zero-order valence-electron chi connectivity index (χ0n) is 19.5. The Morgan fingerprint density at radius 2 is 1.91 bits per heavy atom. The third kappa shape index (κ3) is 6.56. The average molecular weight is 492 g/mol. The highest BCUT2D eigenvalue weighted by molar-refractivity contribution is 7.13. The van der Waals surface area contributed by atoms with E-state index >= 15 is 0 Å². The van der Waals surface area contributed by atoms with Crippen molar-refractivity contribution in [3.8, 4) is 0 Å². The number of hydrogen-bond donors (Lipinski definition) is 1. The highest BCUT2D eigenvalue weighted by Crippen LogP contribution is 2.17. The van der Waals surface area contributed by atoms with Gasteiger partial charge in [0.05, 0.1) is 25.0 Å². The van der Waals surface area contributed by atoms with E-state index in [1.165, 1.54) is 22.5 Å². The number of nitrogens with zero attached hydrogens (tertiary/aromatic N) is 4. The molecule has 0 aliphatic carbocycles. The molecule has 1 N–H and O–H groups in total. The lowest BCUT2D eigenvalue weighted by atomic mass is 10.2. The quantitative estimate of drug-likeness (QED) is 0.599. The fraction of sp³-hybridized carbons (Fsp3) is 0.500. The van der Waals surface area contributed by atoms with Crippen LogP contribution in [0.4, 0.5) is 9.93 Å². The molecule has 0 aromatic carbocycles. The normalized spacial score (nSPS) is 13.6. The minimum absolute atomic E-state index is 0.0956. The van der Waals surface area contributed by atoms with Crippen molar-refractivity contribution >= 4 is 40.3 Å². The number of carbonyl (C=O) groups is 4. The first-order chi connectivity index (χ1) is 16.3. The predicted octanol–water partition coefficient (Wildman–Crippen LogP) is 2.07. The predicted molar refractivity (Wildman–Crippen MR) is 125 cm³/mol. The fourth-order valence-electron chi connectivity index (χ4n) is 3.41. The molecule has 1 aliphatic heterocycles. The van der Waals surface area contributed by atoms with E-state index in [0.29, 0.717) is 43.6 Å². The molecule has 0 unspecified atom stereocenters. The minimum atomic E-state index is -0.393. The second kappa shape index (κ2) is 11.6. The van der Waals surface area contributed by atoms with Crippen molar-refractivity contribution in [3.05, 3.63) is 35.2 Å². The number of anilines is 1. The second-order valence-electron chi connectivity index (χ2n) is 7.94. The number of nitrogens with one attached hydrogen (secondary N) is 1. The van der Waals surface area contributed by atoms with Crippen molar-refractivity contribution in [1.29, 1.82) is 0 Å². The highest BCUT2D eigenvalue weighted by atomic mass is 32.1. The maximum absolute atomic E-state index is 12.6. The van der Waals surface area contributed by atoms with Gasteiger partial charge >= 0.3 is 6.09 Å². The van der Waals surface area contributed by atoms with Crippen molar-refractivity contribution < 1.29 is 28.3 Å². The molecule has 2 aromatic heterocycles. The van der Waals surface area contributed by atoms with Crippen LogP contribution in [0.15, 0.2) is 28.2 Å². The molecule has 0 spiro atoms. The van der Waals surface area contributed by atoms with Gasteiger partial charge in [0.2, 0.25) is 11.8 Å². The molecule has 1 aliphatic rings. The SMILES string of the molecule is CCOC(=O)N1CCN(C(=O)Cc2csc(NC(=O)CN(C(=O)c3ccco3)C(C)C)n2)CC1. The van der Waals surface area contributed by atoms with E-state index in [1.54, 1.807) is 34.2 Å². The molecular weight excluding hydrogens is 462 g/mol. The second-order valence-corrected chi connectivity index (χ2v) is 8.80. The Morgan fingerprint density at radius 3 is 2.53 bits per heavy atom. The molecule has 1 saturated heterocycles. The van der Waals surface area contributed by atoms with Crippen molar-refractivity contribution in [1.82, 2.24) is 19.7 Å². The third-order valence-corrected chi connectivity index (χ3v) is 6.03. The van der Waals surface area contributed by atoms with E-state index in [0.717, 1.165) is 0 Å². The Morgan fingerprint density at radius 1 is 1.21 bits per heavy atom. The average Bonchev–Trinajstić information content (AvgIpc) is 3.49. The van der Waals surface area contributed by atoms with Crippen molar-refractivity contribution in [2.75, 3.05) is 44.6 Å². The summed E-state index contributed by atoms with van der Waals surface area (Å²) < 4.78 is 10.1. The summed E-state index contributed by atoms with van der Waals surface area (Å²) in [6.45, 7) is 7.25. The summed E-state index contributed by atoms with van der Waals surface area (Å²) in [5, 5.41) is 4.77. The van der Waals surface area contributed by atoms with Crippen LogP contribution in [-0.4, -0.2) is 88.9 Å². The summed E-state index contributed by atoms with van der Waals surface area (Å²) in [6, 6.07) is 2.96. The standard InChI is InChI=1S/C22H29N5O6S/c1-4-32-22(31)26-9-7-25(8-10-26)19(29)12-16-14-34-21(23-16)24-18(28)13-27(15(2)3)20(30)17-6-5-11-33-17/h5-6,11,14-15H,4,7-10,12-13H2,1-3H3,(H,23,24,28). The molecular formula is C22H29N5O6S. The molecule has 4 amide bonds. The molecule has 0 bridgehead atoms. The Hall–Kier alpha value is -3.41. The van der Waals surface area contributed by atoms with Gasteiger partial charge in [-0.1, -0.05) is 0 Å². The van der Waals surface area contributed by atoms with Gasteiger partial charge in [-0.05, 0) is 32.9 Å². The smallest absolute Gasteiger partial charge is 0.409 e. The number of thiazole rings is 1. The number of hydrogen-bond acceptors (Lipinski definition) is 8. The zero-order valence-corrected chi connectivity index (χ0v) is 20.3. The first kappa shape index (κ1) is 25.2. The van der Waals surface area contributed by atoms with Gasteiger partial charge < -0.3 is 29.2 Å². The maximum Gasteiger partial charge on any atom is 0.409 e. The molecule has 34 heavy (non-hydrogen) atoms. The Kier molecular flexibility index (Phi) is 8.63. The molecule has 1 fully saturated rings.